The monoisotopic (exact) mass is 845 g/mol. The minimum absolute atomic E-state index is 0.0351. The fraction of sp³-hybridized carbons (Fsp3) is 0.392. The van der Waals surface area contributed by atoms with E-state index in [1.807, 2.05) is 109 Å². The Balaban J connectivity index is 0.000000256. The molecule has 0 radical (unpaired) electrons. The molecule has 0 fully saturated rings. The van der Waals surface area contributed by atoms with Crippen molar-refractivity contribution in [3.8, 4) is 0 Å². The van der Waals surface area contributed by atoms with Gasteiger partial charge in [0.15, 0.2) is 0 Å². The maximum atomic E-state index is 11.2. The van der Waals surface area contributed by atoms with E-state index in [1.165, 1.54) is 16.4 Å². The van der Waals surface area contributed by atoms with Crippen LogP contribution < -0.4 is 11.5 Å². The minimum Gasteiger partial charge on any atom is -0.398 e. The van der Waals surface area contributed by atoms with Crippen LogP contribution in [0.2, 0.25) is 0 Å². The van der Waals surface area contributed by atoms with Crippen LogP contribution in [0.3, 0.4) is 0 Å². The second kappa shape index (κ2) is 22.8. The lowest BCUT2D eigenvalue weighted by Gasteiger charge is -2.19. The van der Waals surface area contributed by atoms with E-state index < -0.39 is 5.91 Å². The molecule has 0 aliphatic heterocycles. The summed E-state index contributed by atoms with van der Waals surface area (Å²) in [5.74, 6) is -0.460. The highest BCUT2D eigenvalue weighted by Crippen LogP contribution is 2.23. The summed E-state index contributed by atoms with van der Waals surface area (Å²) in [6.45, 7) is 32.6. The Morgan fingerprint density at radius 2 is 1.13 bits per heavy atom. The number of hydrogen-bond donors (Lipinski definition) is 2. The molecule has 0 aliphatic carbocycles. The molecule has 9 nitrogen and oxygen atoms in total. The Labute approximate surface area is 369 Å². The summed E-state index contributed by atoms with van der Waals surface area (Å²) in [5.41, 5.74) is 21.8. The number of anilines is 1. The number of nitrogens with zero attached hydrogens (tertiary/aromatic N) is 6. The molecule has 0 saturated heterocycles. The second-order valence-electron chi connectivity index (χ2n) is 20.5. The van der Waals surface area contributed by atoms with Gasteiger partial charge in [0.1, 0.15) is 11.3 Å². The average Bonchev–Trinajstić information content (AvgIpc) is 3.89. The minimum atomic E-state index is -0.460. The Bertz CT molecular complexity index is 2440. The summed E-state index contributed by atoms with van der Waals surface area (Å²) in [7, 11) is 2.00. The highest BCUT2D eigenvalue weighted by atomic mass is 32.1. The van der Waals surface area contributed by atoms with E-state index >= 15 is 0 Å². The number of imidazole rings is 2. The van der Waals surface area contributed by atoms with Gasteiger partial charge in [0.05, 0.1) is 44.8 Å². The molecule has 8 rings (SSSR count). The topological polar surface area (TPSA) is 130 Å². The van der Waals surface area contributed by atoms with Crippen LogP contribution in [0.5, 0.6) is 0 Å². The van der Waals surface area contributed by atoms with E-state index in [-0.39, 0.29) is 5.41 Å². The van der Waals surface area contributed by atoms with Crippen LogP contribution in [0.1, 0.15) is 120 Å². The van der Waals surface area contributed by atoms with Crippen molar-refractivity contribution in [2.75, 3.05) is 5.73 Å². The fourth-order valence-corrected chi connectivity index (χ4v) is 5.29. The molecule has 4 N–H and O–H groups in total. The number of carbonyl (C=O) groups excluding carboxylic acids is 1. The molecule has 0 aliphatic rings. The summed E-state index contributed by atoms with van der Waals surface area (Å²) < 4.78 is 5.01. The first-order chi connectivity index (χ1) is 28.1. The van der Waals surface area contributed by atoms with E-state index in [9.17, 15) is 4.79 Å². The smallest absolute Gasteiger partial charge is 0.267 e. The predicted molar refractivity (Wildman–Crippen MR) is 264 cm³/mol. The summed E-state index contributed by atoms with van der Waals surface area (Å²) in [6.07, 6.45) is 6.97. The van der Waals surface area contributed by atoms with Gasteiger partial charge in [-0.05, 0) is 69.7 Å². The second-order valence-corrected chi connectivity index (χ2v) is 21.4. The number of hydrogen-bond acceptors (Lipinski definition) is 7. The number of thiazole rings is 1. The van der Waals surface area contributed by atoms with Crippen molar-refractivity contribution in [1.82, 2.24) is 28.9 Å². The van der Waals surface area contributed by atoms with Gasteiger partial charge in [-0.1, -0.05) is 152 Å². The zero-order valence-electron chi connectivity index (χ0n) is 39.7. The number of aryl methyl sites for hydroxylation is 1. The summed E-state index contributed by atoms with van der Waals surface area (Å²) in [6, 6.07) is 29.8. The Hall–Kier alpha value is -5.61. The largest absolute Gasteiger partial charge is 0.398 e. The normalized spacial score (nSPS) is 11.1. The van der Waals surface area contributed by atoms with Crippen LogP contribution in [-0.4, -0.2) is 34.8 Å². The third kappa shape index (κ3) is 21.0. The average molecular weight is 845 g/mol. The third-order valence-corrected chi connectivity index (χ3v) is 7.99. The van der Waals surface area contributed by atoms with Gasteiger partial charge in [-0.25, -0.2) is 15.0 Å². The van der Waals surface area contributed by atoms with Crippen molar-refractivity contribution in [3.05, 3.63) is 133 Å². The van der Waals surface area contributed by atoms with Gasteiger partial charge >= 0.3 is 0 Å². The molecule has 8 aromatic rings. The van der Waals surface area contributed by atoms with E-state index in [2.05, 4.69) is 136 Å². The maximum absolute atomic E-state index is 11.2. The lowest BCUT2D eigenvalue weighted by molar-refractivity contribution is 0.0994. The number of nitrogen functional groups attached to an aromatic ring is 1. The van der Waals surface area contributed by atoms with Crippen LogP contribution in [0.25, 0.3) is 37.8 Å². The van der Waals surface area contributed by atoms with Gasteiger partial charge in [-0.2, -0.15) is 0 Å². The van der Waals surface area contributed by atoms with Crippen LogP contribution in [0.4, 0.5) is 5.69 Å². The van der Waals surface area contributed by atoms with Crippen molar-refractivity contribution in [3.63, 3.8) is 0 Å². The first kappa shape index (κ1) is 51.5. The maximum Gasteiger partial charge on any atom is 0.267 e. The summed E-state index contributed by atoms with van der Waals surface area (Å²) in [5, 5.41) is 1.02. The van der Waals surface area contributed by atoms with E-state index in [0.29, 0.717) is 21.9 Å². The van der Waals surface area contributed by atoms with Crippen molar-refractivity contribution in [2.24, 2.45) is 29.0 Å². The van der Waals surface area contributed by atoms with Gasteiger partial charge in [-0.3, -0.25) is 14.2 Å². The number of para-hydroxylation sites is 4. The number of benzene rings is 3. The van der Waals surface area contributed by atoms with Crippen LogP contribution in [-0.2, 0) is 12.5 Å². The van der Waals surface area contributed by atoms with Crippen LogP contribution >= 0.6 is 11.3 Å². The quantitative estimate of drug-likeness (QED) is 0.169. The number of aromatic nitrogens is 6. The standard InChI is InChI=1S/C12H15N3O.C9H8N2.C8H8N2.C7H5NS.3C5H12/c1-12(2,3)8-4-5-10-14-6-9(11(13)16)15(10)7-8;10-8-5-6-11-9-4-2-1-3-7(8)9;1-10-6-9-7-4-2-3-5-8(7)10;1-2-4-7-6(3-1)8-5-9-7;3*1-5(2,3)4/h4-7H,1-3H3,(H2,13,16);1-6H,(H2,10,11);2-6H,1H3;1-5H;3*1-4H3. The molecule has 328 valence electrons. The zero-order chi connectivity index (χ0) is 46.2. The SMILES string of the molecule is CC(C)(C)C.CC(C)(C)C.CC(C)(C)C.CC(C)(C)c1ccc2ncc(C(N)=O)n2c1.Cn1cnc2ccccc21.Nc1ccnc2ccccc12.c1ccc2scnc2c1. The third-order valence-electron chi connectivity index (χ3n) is 7.18. The van der Waals surface area contributed by atoms with Crippen LogP contribution in [0, 0.1) is 16.2 Å². The molecular formula is C51H72N8OS. The molecule has 61 heavy (non-hydrogen) atoms. The molecule has 1 amide bonds. The molecule has 3 aromatic carbocycles. The molecule has 0 atom stereocenters. The number of pyridine rings is 2. The van der Waals surface area contributed by atoms with Crippen LogP contribution in [0.15, 0.2) is 121 Å². The first-order valence-electron chi connectivity index (χ1n) is 20.6. The predicted octanol–water partition coefficient (Wildman–Crippen LogP) is 13.6. The van der Waals surface area contributed by atoms with Crippen molar-refractivity contribution >= 4 is 60.7 Å². The number of primary amides is 1. The number of carbonyl (C=O) groups is 1. The molecule has 0 bridgehead atoms. The lowest BCUT2D eigenvalue weighted by atomic mass is 9.88. The van der Waals surface area contributed by atoms with Crippen molar-refractivity contribution in [1.29, 1.82) is 0 Å². The number of rotatable bonds is 1. The Morgan fingerprint density at radius 1 is 0.607 bits per heavy atom. The van der Waals surface area contributed by atoms with Crippen molar-refractivity contribution < 1.29 is 4.79 Å². The zero-order valence-corrected chi connectivity index (χ0v) is 40.5. The van der Waals surface area contributed by atoms with Gasteiger partial charge in [0.2, 0.25) is 0 Å². The molecular weight excluding hydrogens is 773 g/mol. The molecule has 5 aromatic heterocycles. The molecule has 10 heteroatoms. The Kier molecular flexibility index (Phi) is 19.3. The molecule has 0 saturated carbocycles. The van der Waals surface area contributed by atoms with E-state index in [4.69, 9.17) is 11.5 Å². The number of fused-ring (bicyclic) bond motifs is 4. The van der Waals surface area contributed by atoms with Gasteiger partial charge in [0.25, 0.3) is 5.91 Å². The highest BCUT2D eigenvalue weighted by Gasteiger charge is 2.16. The summed E-state index contributed by atoms with van der Waals surface area (Å²) >= 11 is 1.68. The molecule has 0 spiro atoms. The van der Waals surface area contributed by atoms with Gasteiger partial charge in [0, 0.05) is 30.5 Å². The van der Waals surface area contributed by atoms with Gasteiger partial charge < -0.3 is 16.0 Å². The first-order valence-corrected chi connectivity index (χ1v) is 21.5. The van der Waals surface area contributed by atoms with E-state index in [1.54, 1.807) is 21.9 Å². The fourth-order valence-electron chi connectivity index (χ4n) is 4.61. The highest BCUT2D eigenvalue weighted by molar-refractivity contribution is 7.16. The summed E-state index contributed by atoms with van der Waals surface area (Å²) in [4.78, 5) is 27.8. The lowest BCUT2D eigenvalue weighted by Crippen LogP contribution is -2.16. The number of amides is 1. The van der Waals surface area contributed by atoms with Crippen molar-refractivity contribution in [2.45, 2.75) is 109 Å². The van der Waals surface area contributed by atoms with E-state index in [0.717, 1.165) is 38.8 Å². The molecule has 5 heterocycles. The Morgan fingerprint density at radius 3 is 1.66 bits per heavy atom. The molecule has 0 unspecified atom stereocenters. The number of nitrogens with two attached hydrogens (primary N) is 2. The van der Waals surface area contributed by atoms with Gasteiger partial charge in [-0.15, -0.1) is 11.3 Å².